The SMILES string of the molecule is COCCNC1(CN)CCCCC1C. The first-order valence-corrected chi connectivity index (χ1v) is 5.69. The molecular weight excluding hydrogens is 176 g/mol. The van der Waals surface area contributed by atoms with Crippen molar-refractivity contribution in [2.24, 2.45) is 11.7 Å². The van der Waals surface area contributed by atoms with Crippen LogP contribution in [0.2, 0.25) is 0 Å². The lowest BCUT2D eigenvalue weighted by molar-refractivity contribution is 0.134. The molecule has 14 heavy (non-hydrogen) atoms. The molecule has 0 aromatic heterocycles. The number of nitrogens with one attached hydrogen (secondary N) is 1. The van der Waals surface area contributed by atoms with Gasteiger partial charge >= 0.3 is 0 Å². The zero-order valence-corrected chi connectivity index (χ0v) is 9.51. The summed E-state index contributed by atoms with van der Waals surface area (Å²) in [6.45, 7) is 4.75. The fourth-order valence-electron chi connectivity index (χ4n) is 2.45. The van der Waals surface area contributed by atoms with Crippen LogP contribution >= 0.6 is 0 Å². The molecule has 3 N–H and O–H groups in total. The first-order chi connectivity index (χ1) is 6.75. The molecule has 1 aliphatic carbocycles. The van der Waals surface area contributed by atoms with E-state index in [2.05, 4.69) is 12.2 Å². The van der Waals surface area contributed by atoms with Crippen LogP contribution in [0.3, 0.4) is 0 Å². The number of hydrogen-bond acceptors (Lipinski definition) is 3. The lowest BCUT2D eigenvalue weighted by Gasteiger charge is -2.43. The van der Waals surface area contributed by atoms with Crippen LogP contribution < -0.4 is 11.1 Å². The predicted molar refractivity (Wildman–Crippen MR) is 59.3 cm³/mol. The average Bonchev–Trinajstić information content (AvgIpc) is 2.21. The summed E-state index contributed by atoms with van der Waals surface area (Å²) in [5.74, 6) is 0.693. The highest BCUT2D eigenvalue weighted by atomic mass is 16.5. The van der Waals surface area contributed by atoms with Crippen molar-refractivity contribution < 1.29 is 4.74 Å². The highest BCUT2D eigenvalue weighted by molar-refractivity contribution is 4.96. The molecule has 3 nitrogen and oxygen atoms in total. The second-order valence-electron chi connectivity index (χ2n) is 4.43. The summed E-state index contributed by atoms with van der Waals surface area (Å²) in [5.41, 5.74) is 6.08. The van der Waals surface area contributed by atoms with E-state index < -0.39 is 0 Å². The van der Waals surface area contributed by atoms with Crippen LogP contribution in [0.5, 0.6) is 0 Å². The zero-order chi connectivity index (χ0) is 10.4. The standard InChI is InChI=1S/C11H24N2O/c1-10-5-3-4-6-11(10,9-12)13-7-8-14-2/h10,13H,3-9,12H2,1-2H3. The number of ether oxygens (including phenoxy) is 1. The maximum absolute atomic E-state index is 5.91. The number of methoxy groups -OCH3 is 1. The first kappa shape index (κ1) is 12.0. The van der Waals surface area contributed by atoms with Gasteiger partial charge in [0.05, 0.1) is 6.61 Å². The number of rotatable bonds is 5. The van der Waals surface area contributed by atoms with Gasteiger partial charge in [0.15, 0.2) is 0 Å². The quantitative estimate of drug-likeness (QED) is 0.654. The maximum Gasteiger partial charge on any atom is 0.0587 e. The summed E-state index contributed by atoms with van der Waals surface area (Å²) < 4.78 is 5.05. The summed E-state index contributed by atoms with van der Waals surface area (Å²) in [6, 6.07) is 0. The molecule has 3 heteroatoms. The van der Waals surface area contributed by atoms with E-state index in [1.54, 1.807) is 7.11 Å². The third-order valence-corrected chi connectivity index (χ3v) is 3.60. The van der Waals surface area contributed by atoms with E-state index in [0.29, 0.717) is 5.92 Å². The molecule has 1 fully saturated rings. The van der Waals surface area contributed by atoms with Crippen molar-refractivity contribution >= 4 is 0 Å². The molecule has 0 aliphatic heterocycles. The highest BCUT2D eigenvalue weighted by Crippen LogP contribution is 2.32. The van der Waals surface area contributed by atoms with E-state index in [9.17, 15) is 0 Å². The second kappa shape index (κ2) is 5.69. The molecule has 0 saturated heterocycles. The molecule has 84 valence electrons. The lowest BCUT2D eigenvalue weighted by atomic mass is 9.73. The summed E-state index contributed by atoms with van der Waals surface area (Å²) in [6.07, 6.45) is 5.18. The van der Waals surface area contributed by atoms with Gasteiger partial charge in [0.25, 0.3) is 0 Å². The second-order valence-corrected chi connectivity index (χ2v) is 4.43. The molecule has 0 aromatic rings. The Balaban J connectivity index is 2.45. The van der Waals surface area contributed by atoms with E-state index in [1.807, 2.05) is 0 Å². The minimum atomic E-state index is 0.177. The molecule has 2 atom stereocenters. The highest BCUT2D eigenvalue weighted by Gasteiger charge is 2.35. The Kier molecular flexibility index (Phi) is 4.85. The molecule has 0 radical (unpaired) electrons. The Hall–Kier alpha value is -0.120. The minimum Gasteiger partial charge on any atom is -0.383 e. The lowest BCUT2D eigenvalue weighted by Crippen LogP contribution is -2.57. The van der Waals surface area contributed by atoms with Crippen molar-refractivity contribution in [1.29, 1.82) is 0 Å². The Morgan fingerprint density at radius 1 is 1.50 bits per heavy atom. The fraction of sp³-hybridized carbons (Fsp3) is 1.00. The van der Waals surface area contributed by atoms with Gasteiger partial charge in [-0.3, -0.25) is 0 Å². The monoisotopic (exact) mass is 200 g/mol. The van der Waals surface area contributed by atoms with Crippen LogP contribution in [0.4, 0.5) is 0 Å². The molecule has 1 aliphatic rings. The summed E-state index contributed by atoms with van der Waals surface area (Å²) in [7, 11) is 1.74. The smallest absolute Gasteiger partial charge is 0.0587 e. The predicted octanol–water partition coefficient (Wildman–Crippen LogP) is 1.13. The Morgan fingerprint density at radius 3 is 2.86 bits per heavy atom. The van der Waals surface area contributed by atoms with Crippen molar-refractivity contribution in [3.05, 3.63) is 0 Å². The van der Waals surface area contributed by atoms with Crippen LogP contribution in [-0.4, -0.2) is 32.3 Å². The van der Waals surface area contributed by atoms with Crippen LogP contribution in [0.15, 0.2) is 0 Å². The third kappa shape index (κ3) is 2.69. The Morgan fingerprint density at radius 2 is 2.29 bits per heavy atom. The van der Waals surface area contributed by atoms with Gasteiger partial charge < -0.3 is 15.8 Å². The summed E-state index contributed by atoms with van der Waals surface area (Å²) in [5, 5.41) is 3.59. The molecule has 0 aromatic carbocycles. The molecule has 0 spiro atoms. The average molecular weight is 200 g/mol. The normalized spacial score (nSPS) is 33.2. The number of nitrogens with two attached hydrogens (primary N) is 1. The van der Waals surface area contributed by atoms with E-state index in [-0.39, 0.29) is 5.54 Å². The molecule has 1 saturated carbocycles. The summed E-state index contributed by atoms with van der Waals surface area (Å²) in [4.78, 5) is 0. The number of hydrogen-bond donors (Lipinski definition) is 2. The van der Waals surface area contributed by atoms with Gasteiger partial charge in [-0.25, -0.2) is 0 Å². The van der Waals surface area contributed by atoms with Gasteiger partial charge in [-0.15, -0.1) is 0 Å². The molecule has 1 rings (SSSR count). The summed E-state index contributed by atoms with van der Waals surface area (Å²) >= 11 is 0. The van der Waals surface area contributed by atoms with Crippen LogP contribution in [-0.2, 0) is 4.74 Å². The van der Waals surface area contributed by atoms with Gasteiger partial charge in [-0.1, -0.05) is 19.8 Å². The van der Waals surface area contributed by atoms with E-state index >= 15 is 0 Å². The van der Waals surface area contributed by atoms with Gasteiger partial charge in [0.1, 0.15) is 0 Å². The van der Waals surface area contributed by atoms with E-state index in [1.165, 1.54) is 25.7 Å². The first-order valence-electron chi connectivity index (χ1n) is 5.69. The molecular formula is C11H24N2O. The zero-order valence-electron chi connectivity index (χ0n) is 9.51. The van der Waals surface area contributed by atoms with Gasteiger partial charge in [0, 0.05) is 25.7 Å². The van der Waals surface area contributed by atoms with Gasteiger partial charge in [-0.2, -0.15) is 0 Å². The molecule has 0 amide bonds. The largest absolute Gasteiger partial charge is 0.383 e. The maximum atomic E-state index is 5.91. The third-order valence-electron chi connectivity index (χ3n) is 3.60. The van der Waals surface area contributed by atoms with Gasteiger partial charge in [-0.05, 0) is 18.8 Å². The van der Waals surface area contributed by atoms with Crippen molar-refractivity contribution in [3.63, 3.8) is 0 Å². The van der Waals surface area contributed by atoms with Crippen molar-refractivity contribution in [2.45, 2.75) is 38.1 Å². The van der Waals surface area contributed by atoms with Crippen LogP contribution in [0.1, 0.15) is 32.6 Å². The van der Waals surface area contributed by atoms with Gasteiger partial charge in [0.2, 0.25) is 0 Å². The molecule has 2 unspecified atom stereocenters. The Bertz CT molecular complexity index is 163. The molecule has 0 heterocycles. The minimum absolute atomic E-state index is 0.177. The fourth-order valence-corrected chi connectivity index (χ4v) is 2.45. The van der Waals surface area contributed by atoms with Crippen molar-refractivity contribution in [3.8, 4) is 0 Å². The molecule has 0 bridgehead atoms. The van der Waals surface area contributed by atoms with Crippen LogP contribution in [0.25, 0.3) is 0 Å². The van der Waals surface area contributed by atoms with Crippen LogP contribution in [0, 0.1) is 5.92 Å². The van der Waals surface area contributed by atoms with Crippen molar-refractivity contribution in [1.82, 2.24) is 5.32 Å². The van der Waals surface area contributed by atoms with Crippen molar-refractivity contribution in [2.75, 3.05) is 26.8 Å². The van der Waals surface area contributed by atoms with E-state index in [4.69, 9.17) is 10.5 Å². The Labute approximate surface area is 87.4 Å². The van der Waals surface area contributed by atoms with E-state index in [0.717, 1.165) is 19.7 Å². The topological polar surface area (TPSA) is 47.3 Å².